The Morgan fingerprint density at radius 1 is 1.07 bits per heavy atom. The van der Waals surface area contributed by atoms with Gasteiger partial charge in [-0.15, -0.1) is 0 Å². The third-order valence-electron chi connectivity index (χ3n) is 4.17. The second-order valence-electron chi connectivity index (χ2n) is 6.11. The number of rotatable bonds is 7. The zero-order valence-corrected chi connectivity index (χ0v) is 16.5. The van der Waals surface area contributed by atoms with E-state index in [1.807, 2.05) is 32.0 Å². The minimum absolute atomic E-state index is 0.244. The lowest BCUT2D eigenvalue weighted by Gasteiger charge is -2.14. The quantitative estimate of drug-likeness (QED) is 0.590. The summed E-state index contributed by atoms with van der Waals surface area (Å²) >= 11 is 6.12. The summed E-state index contributed by atoms with van der Waals surface area (Å²) in [6.07, 6.45) is 3.43. The lowest BCUT2D eigenvalue weighted by atomic mass is 10.1. The molecule has 0 aliphatic rings. The molecule has 0 saturated heterocycles. The van der Waals surface area contributed by atoms with Crippen molar-refractivity contribution in [2.45, 2.75) is 20.5 Å². The number of carbonyl (C=O) groups is 1. The summed E-state index contributed by atoms with van der Waals surface area (Å²) in [6.45, 7) is 4.59. The Kier molecular flexibility index (Phi) is 6.50. The molecule has 0 aliphatic heterocycles. The predicted molar refractivity (Wildman–Crippen MR) is 110 cm³/mol. The monoisotopic (exact) mass is 396 g/mol. The summed E-state index contributed by atoms with van der Waals surface area (Å²) in [7, 11) is 0. The van der Waals surface area contributed by atoms with Crippen LogP contribution >= 0.6 is 11.6 Å². The average Bonchev–Trinajstić information content (AvgIpc) is 2.71. The Morgan fingerprint density at radius 2 is 1.86 bits per heavy atom. The van der Waals surface area contributed by atoms with Crippen LogP contribution in [-0.4, -0.2) is 17.5 Å². The third kappa shape index (κ3) is 4.81. The van der Waals surface area contributed by atoms with Gasteiger partial charge in [-0.2, -0.15) is 0 Å². The molecule has 0 bridgehead atoms. The van der Waals surface area contributed by atoms with Crippen molar-refractivity contribution in [3.63, 3.8) is 0 Å². The number of pyridine rings is 1. The van der Waals surface area contributed by atoms with Crippen molar-refractivity contribution >= 4 is 23.2 Å². The normalized spacial score (nSPS) is 10.4. The van der Waals surface area contributed by atoms with Gasteiger partial charge in [-0.3, -0.25) is 9.78 Å². The smallest absolute Gasteiger partial charge is 0.255 e. The maximum Gasteiger partial charge on any atom is 0.255 e. The largest absolute Gasteiger partial charge is 0.490 e. The van der Waals surface area contributed by atoms with E-state index in [2.05, 4.69) is 10.3 Å². The molecule has 0 radical (unpaired) electrons. The average molecular weight is 397 g/mol. The number of hydrogen-bond donors (Lipinski definition) is 1. The molecular formula is C22H21ClN2O3. The summed E-state index contributed by atoms with van der Waals surface area (Å²) in [4.78, 5) is 16.7. The van der Waals surface area contributed by atoms with Crippen molar-refractivity contribution in [2.24, 2.45) is 0 Å². The van der Waals surface area contributed by atoms with Crippen molar-refractivity contribution < 1.29 is 14.3 Å². The van der Waals surface area contributed by atoms with Crippen LogP contribution in [0.3, 0.4) is 0 Å². The van der Waals surface area contributed by atoms with Gasteiger partial charge in [0.15, 0.2) is 11.5 Å². The summed E-state index contributed by atoms with van der Waals surface area (Å²) in [5, 5.41) is 3.49. The van der Waals surface area contributed by atoms with Gasteiger partial charge in [0.1, 0.15) is 6.61 Å². The van der Waals surface area contributed by atoms with E-state index in [1.54, 1.807) is 42.7 Å². The molecule has 3 rings (SSSR count). The highest BCUT2D eigenvalue weighted by Crippen LogP contribution is 2.30. The molecule has 144 valence electrons. The lowest BCUT2D eigenvalue weighted by molar-refractivity contribution is 0.102. The highest BCUT2D eigenvalue weighted by Gasteiger charge is 2.13. The fourth-order valence-corrected chi connectivity index (χ4v) is 2.79. The Labute approximate surface area is 169 Å². The molecule has 1 N–H and O–H groups in total. The van der Waals surface area contributed by atoms with Gasteiger partial charge in [-0.25, -0.2) is 0 Å². The molecular weight excluding hydrogens is 376 g/mol. The van der Waals surface area contributed by atoms with E-state index in [9.17, 15) is 4.79 Å². The fraction of sp³-hybridized carbons (Fsp3) is 0.182. The molecule has 3 aromatic rings. The molecule has 1 heterocycles. The van der Waals surface area contributed by atoms with E-state index in [-0.39, 0.29) is 5.91 Å². The molecule has 2 aromatic carbocycles. The van der Waals surface area contributed by atoms with E-state index >= 15 is 0 Å². The van der Waals surface area contributed by atoms with Crippen molar-refractivity contribution in [2.75, 3.05) is 11.9 Å². The number of amides is 1. The van der Waals surface area contributed by atoms with Gasteiger partial charge < -0.3 is 14.8 Å². The highest BCUT2D eigenvalue weighted by atomic mass is 35.5. The SMILES string of the molecule is CCOc1cc(C(=O)Nc2cccc(Cl)c2C)ccc1OCc1ccncc1. The molecule has 1 aromatic heterocycles. The maximum atomic E-state index is 12.7. The van der Waals surface area contributed by atoms with Gasteiger partial charge in [-0.1, -0.05) is 17.7 Å². The minimum atomic E-state index is -0.244. The summed E-state index contributed by atoms with van der Waals surface area (Å²) in [5.41, 5.74) is 2.96. The van der Waals surface area contributed by atoms with Gasteiger partial charge in [0.2, 0.25) is 0 Å². The van der Waals surface area contributed by atoms with Crippen LogP contribution < -0.4 is 14.8 Å². The lowest BCUT2D eigenvalue weighted by Crippen LogP contribution is -2.13. The van der Waals surface area contributed by atoms with E-state index in [0.717, 1.165) is 11.1 Å². The Bertz CT molecular complexity index is 961. The number of ether oxygens (including phenoxy) is 2. The number of benzene rings is 2. The van der Waals surface area contributed by atoms with Crippen LogP contribution in [0.5, 0.6) is 11.5 Å². The first-order valence-electron chi connectivity index (χ1n) is 8.93. The Morgan fingerprint density at radius 3 is 2.61 bits per heavy atom. The summed E-state index contributed by atoms with van der Waals surface area (Å²) in [5.74, 6) is 0.855. The number of anilines is 1. The Hall–Kier alpha value is -3.05. The van der Waals surface area contributed by atoms with Crippen molar-refractivity contribution in [3.05, 3.63) is 82.6 Å². The molecule has 0 fully saturated rings. The highest BCUT2D eigenvalue weighted by molar-refractivity contribution is 6.31. The first-order chi connectivity index (χ1) is 13.6. The van der Waals surface area contributed by atoms with E-state index in [4.69, 9.17) is 21.1 Å². The van der Waals surface area contributed by atoms with Crippen LogP contribution in [0.1, 0.15) is 28.4 Å². The molecule has 28 heavy (non-hydrogen) atoms. The van der Waals surface area contributed by atoms with Crippen molar-refractivity contribution in [3.8, 4) is 11.5 Å². The zero-order valence-electron chi connectivity index (χ0n) is 15.7. The van der Waals surface area contributed by atoms with Crippen LogP contribution in [-0.2, 0) is 6.61 Å². The third-order valence-corrected chi connectivity index (χ3v) is 4.57. The van der Waals surface area contributed by atoms with Gasteiger partial charge in [0.25, 0.3) is 5.91 Å². The van der Waals surface area contributed by atoms with Gasteiger partial charge in [0.05, 0.1) is 6.61 Å². The Balaban J connectivity index is 1.77. The zero-order chi connectivity index (χ0) is 19.9. The number of halogens is 1. The first-order valence-corrected chi connectivity index (χ1v) is 9.31. The minimum Gasteiger partial charge on any atom is -0.490 e. The van der Waals surface area contributed by atoms with Crippen molar-refractivity contribution in [1.29, 1.82) is 0 Å². The van der Waals surface area contributed by atoms with Crippen molar-refractivity contribution in [1.82, 2.24) is 4.98 Å². The fourth-order valence-electron chi connectivity index (χ4n) is 2.61. The standard InChI is InChI=1S/C22H21ClN2O3/c1-3-27-21-13-17(22(26)25-19-6-4-5-18(23)15(19)2)7-8-20(21)28-14-16-9-11-24-12-10-16/h4-13H,3,14H2,1-2H3,(H,25,26). The molecule has 0 atom stereocenters. The summed E-state index contributed by atoms with van der Waals surface area (Å²) < 4.78 is 11.5. The van der Waals surface area contributed by atoms with E-state index in [1.165, 1.54) is 0 Å². The number of aromatic nitrogens is 1. The number of nitrogens with one attached hydrogen (secondary N) is 1. The molecule has 0 aliphatic carbocycles. The van der Waals surface area contributed by atoms with E-state index < -0.39 is 0 Å². The molecule has 6 heteroatoms. The van der Waals surface area contributed by atoms with Gasteiger partial charge >= 0.3 is 0 Å². The molecule has 0 saturated carbocycles. The molecule has 0 spiro atoms. The van der Waals surface area contributed by atoms with Crippen LogP contribution in [0.4, 0.5) is 5.69 Å². The number of carbonyl (C=O) groups excluding carboxylic acids is 1. The molecule has 0 unspecified atom stereocenters. The maximum absolute atomic E-state index is 12.7. The van der Waals surface area contributed by atoms with Crippen LogP contribution in [0, 0.1) is 6.92 Å². The predicted octanol–water partition coefficient (Wildman–Crippen LogP) is 5.27. The van der Waals surface area contributed by atoms with E-state index in [0.29, 0.717) is 41.0 Å². The van der Waals surface area contributed by atoms with Crippen LogP contribution in [0.25, 0.3) is 0 Å². The molecule has 1 amide bonds. The first kappa shape index (κ1) is 19.7. The second-order valence-corrected chi connectivity index (χ2v) is 6.51. The number of hydrogen-bond acceptors (Lipinski definition) is 4. The molecule has 5 nitrogen and oxygen atoms in total. The van der Waals surface area contributed by atoms with Gasteiger partial charge in [0, 0.05) is 28.7 Å². The van der Waals surface area contributed by atoms with Crippen LogP contribution in [0.2, 0.25) is 5.02 Å². The number of nitrogens with zero attached hydrogens (tertiary/aromatic N) is 1. The summed E-state index contributed by atoms with van der Waals surface area (Å²) in [6, 6.07) is 14.3. The topological polar surface area (TPSA) is 60.5 Å². The van der Waals surface area contributed by atoms with Gasteiger partial charge in [-0.05, 0) is 67.4 Å². The second kappa shape index (κ2) is 9.24. The van der Waals surface area contributed by atoms with Crippen LogP contribution in [0.15, 0.2) is 60.9 Å².